The number of rotatable bonds is 2. The zero-order chi connectivity index (χ0) is 13.2. The van der Waals surface area contributed by atoms with Gasteiger partial charge in [0.05, 0.1) is 23.8 Å². The number of aliphatic hydroxyl groups is 1. The Morgan fingerprint density at radius 1 is 1.26 bits per heavy atom. The van der Waals surface area contributed by atoms with E-state index in [4.69, 9.17) is 9.47 Å². The fourth-order valence-corrected chi connectivity index (χ4v) is 2.65. The van der Waals surface area contributed by atoms with Crippen LogP contribution in [0.2, 0.25) is 0 Å². The number of benzene rings is 1. The highest BCUT2D eigenvalue weighted by Gasteiger charge is 2.19. The average molecular weight is 278 g/mol. The molecular formula is C13H14N2O3S. The Labute approximate surface area is 115 Å². The fraction of sp³-hybridized carbons (Fsp3) is 0.385. The fourth-order valence-electron chi connectivity index (χ4n) is 1.99. The average Bonchev–Trinajstić information content (AvgIpc) is 2.72. The predicted molar refractivity (Wildman–Crippen MR) is 70.8 cm³/mol. The minimum Gasteiger partial charge on any atom is -0.490 e. The summed E-state index contributed by atoms with van der Waals surface area (Å²) < 4.78 is 15.0. The zero-order valence-electron chi connectivity index (χ0n) is 10.5. The lowest BCUT2D eigenvalue weighted by Gasteiger charge is -2.13. The molecule has 5 nitrogen and oxygen atoms in total. The van der Waals surface area contributed by atoms with Crippen LogP contribution in [0.25, 0.3) is 0 Å². The Bertz CT molecular complexity index is 585. The third-order valence-electron chi connectivity index (χ3n) is 3.02. The van der Waals surface area contributed by atoms with Crippen LogP contribution in [0.4, 0.5) is 0 Å². The van der Waals surface area contributed by atoms with Crippen LogP contribution < -0.4 is 9.47 Å². The lowest BCUT2D eigenvalue weighted by atomic mass is 10.1. The largest absolute Gasteiger partial charge is 0.490 e. The predicted octanol–water partition coefficient (Wildman–Crippen LogP) is 2.09. The van der Waals surface area contributed by atoms with Gasteiger partial charge in [-0.2, -0.15) is 0 Å². The van der Waals surface area contributed by atoms with Crippen molar-refractivity contribution in [2.24, 2.45) is 0 Å². The Morgan fingerprint density at radius 3 is 2.79 bits per heavy atom. The van der Waals surface area contributed by atoms with E-state index >= 15 is 0 Å². The number of aryl methyl sites for hydroxylation is 1. The minimum atomic E-state index is -0.725. The summed E-state index contributed by atoms with van der Waals surface area (Å²) in [7, 11) is 0. The molecule has 0 saturated carbocycles. The summed E-state index contributed by atoms with van der Waals surface area (Å²) >= 11 is 1.21. The molecule has 1 N–H and O–H groups in total. The number of hydrogen-bond acceptors (Lipinski definition) is 6. The van der Waals surface area contributed by atoms with Gasteiger partial charge in [-0.05, 0) is 36.2 Å². The Kier molecular flexibility index (Phi) is 3.35. The second-order valence-corrected chi connectivity index (χ2v) is 5.17. The Hall–Kier alpha value is -1.66. The maximum Gasteiger partial charge on any atom is 0.161 e. The van der Waals surface area contributed by atoms with Gasteiger partial charge in [0.25, 0.3) is 0 Å². The molecule has 0 radical (unpaired) electrons. The molecule has 0 bridgehead atoms. The molecule has 0 saturated heterocycles. The normalized spacial score (nSPS) is 15.9. The molecule has 100 valence electrons. The summed E-state index contributed by atoms with van der Waals surface area (Å²) in [5, 5.41) is 14.3. The second kappa shape index (κ2) is 5.14. The standard InChI is InChI=1S/C13H14N2O3S/c1-8-13(19-15-14-8)12(16)9-3-4-10-11(7-9)18-6-2-5-17-10/h3-4,7,12,16H,2,5-6H2,1H3. The molecular weight excluding hydrogens is 264 g/mol. The summed E-state index contributed by atoms with van der Waals surface area (Å²) in [6.07, 6.45) is 0.141. The van der Waals surface area contributed by atoms with Crippen molar-refractivity contribution in [1.82, 2.24) is 9.59 Å². The van der Waals surface area contributed by atoms with Gasteiger partial charge in [-0.1, -0.05) is 10.6 Å². The van der Waals surface area contributed by atoms with E-state index in [-0.39, 0.29) is 0 Å². The van der Waals surface area contributed by atoms with Gasteiger partial charge in [-0.15, -0.1) is 5.10 Å². The van der Waals surface area contributed by atoms with Gasteiger partial charge in [-0.3, -0.25) is 0 Å². The van der Waals surface area contributed by atoms with E-state index in [0.29, 0.717) is 19.0 Å². The van der Waals surface area contributed by atoms with E-state index in [1.807, 2.05) is 25.1 Å². The zero-order valence-corrected chi connectivity index (χ0v) is 11.3. The van der Waals surface area contributed by atoms with Crippen LogP contribution in [0.1, 0.15) is 28.7 Å². The first kappa shape index (κ1) is 12.4. The molecule has 0 amide bonds. The van der Waals surface area contributed by atoms with Crippen molar-refractivity contribution in [2.45, 2.75) is 19.4 Å². The molecule has 19 heavy (non-hydrogen) atoms. The lowest BCUT2D eigenvalue weighted by molar-refractivity contribution is 0.222. The Morgan fingerprint density at radius 2 is 2.05 bits per heavy atom. The van der Waals surface area contributed by atoms with Crippen molar-refractivity contribution in [1.29, 1.82) is 0 Å². The van der Waals surface area contributed by atoms with Crippen molar-refractivity contribution in [2.75, 3.05) is 13.2 Å². The molecule has 1 aliphatic heterocycles. The maximum atomic E-state index is 10.4. The van der Waals surface area contributed by atoms with Crippen molar-refractivity contribution in [3.63, 3.8) is 0 Å². The molecule has 2 aromatic rings. The van der Waals surface area contributed by atoms with E-state index in [1.165, 1.54) is 11.5 Å². The lowest BCUT2D eigenvalue weighted by Crippen LogP contribution is -2.01. The van der Waals surface area contributed by atoms with Crippen LogP contribution in [-0.4, -0.2) is 27.9 Å². The molecule has 0 fully saturated rings. The van der Waals surface area contributed by atoms with Crippen molar-refractivity contribution in [3.8, 4) is 11.5 Å². The highest BCUT2D eigenvalue weighted by molar-refractivity contribution is 7.05. The summed E-state index contributed by atoms with van der Waals surface area (Å²) in [5.74, 6) is 1.41. The third-order valence-corrected chi connectivity index (χ3v) is 3.90. The van der Waals surface area contributed by atoms with Crippen LogP contribution in [0.3, 0.4) is 0 Å². The van der Waals surface area contributed by atoms with Crippen LogP contribution >= 0.6 is 11.5 Å². The molecule has 1 atom stereocenters. The van der Waals surface area contributed by atoms with Crippen molar-refractivity contribution >= 4 is 11.5 Å². The van der Waals surface area contributed by atoms with Crippen LogP contribution in [-0.2, 0) is 0 Å². The quantitative estimate of drug-likeness (QED) is 0.911. The maximum absolute atomic E-state index is 10.4. The van der Waals surface area contributed by atoms with Crippen molar-refractivity contribution < 1.29 is 14.6 Å². The number of aromatic nitrogens is 2. The first-order valence-electron chi connectivity index (χ1n) is 6.12. The molecule has 1 aromatic heterocycles. The highest BCUT2D eigenvalue weighted by Crippen LogP contribution is 2.35. The van der Waals surface area contributed by atoms with E-state index in [9.17, 15) is 5.11 Å². The van der Waals surface area contributed by atoms with Crippen LogP contribution in [0.15, 0.2) is 18.2 Å². The van der Waals surface area contributed by atoms with Gasteiger partial charge in [-0.25, -0.2) is 0 Å². The molecule has 0 aliphatic carbocycles. The topological polar surface area (TPSA) is 64.5 Å². The van der Waals surface area contributed by atoms with Gasteiger partial charge in [0.15, 0.2) is 11.5 Å². The molecule has 1 aliphatic rings. The summed E-state index contributed by atoms with van der Waals surface area (Å²) in [6, 6.07) is 5.50. The smallest absolute Gasteiger partial charge is 0.161 e. The van der Waals surface area contributed by atoms with Crippen LogP contribution in [0, 0.1) is 6.92 Å². The van der Waals surface area contributed by atoms with Crippen molar-refractivity contribution in [3.05, 3.63) is 34.3 Å². The molecule has 1 unspecified atom stereocenters. The number of hydrogen-bond donors (Lipinski definition) is 1. The minimum absolute atomic E-state index is 0.633. The second-order valence-electron chi connectivity index (χ2n) is 4.38. The van der Waals surface area contributed by atoms with Gasteiger partial charge in [0.2, 0.25) is 0 Å². The number of nitrogens with zero attached hydrogens (tertiary/aromatic N) is 2. The Balaban J connectivity index is 1.93. The SMILES string of the molecule is Cc1nnsc1C(O)c1ccc2c(c1)OCCCO2. The highest BCUT2D eigenvalue weighted by atomic mass is 32.1. The molecule has 1 aromatic carbocycles. The first-order valence-corrected chi connectivity index (χ1v) is 6.89. The molecule has 0 spiro atoms. The van der Waals surface area contributed by atoms with Gasteiger partial charge in [0.1, 0.15) is 6.10 Å². The van der Waals surface area contributed by atoms with Gasteiger partial charge >= 0.3 is 0 Å². The van der Waals surface area contributed by atoms with E-state index in [0.717, 1.165) is 28.3 Å². The number of fused-ring (bicyclic) bond motifs is 1. The first-order chi connectivity index (χ1) is 9.25. The summed E-state index contributed by atoms with van der Waals surface area (Å²) in [5.41, 5.74) is 1.52. The number of ether oxygens (including phenoxy) is 2. The van der Waals surface area contributed by atoms with Gasteiger partial charge < -0.3 is 14.6 Å². The van der Waals surface area contributed by atoms with Gasteiger partial charge in [0, 0.05) is 6.42 Å². The molecule has 2 heterocycles. The summed E-state index contributed by atoms with van der Waals surface area (Å²) in [6.45, 7) is 3.13. The van der Waals surface area contributed by atoms with E-state index < -0.39 is 6.10 Å². The monoisotopic (exact) mass is 278 g/mol. The van der Waals surface area contributed by atoms with E-state index in [2.05, 4.69) is 9.59 Å². The van der Waals surface area contributed by atoms with Crippen LogP contribution in [0.5, 0.6) is 11.5 Å². The van der Waals surface area contributed by atoms with E-state index in [1.54, 1.807) is 0 Å². The molecule has 3 rings (SSSR count). The summed E-state index contributed by atoms with van der Waals surface area (Å²) in [4.78, 5) is 0.759. The third kappa shape index (κ3) is 2.41. The number of aliphatic hydroxyl groups excluding tert-OH is 1. The molecule has 6 heteroatoms.